The molecule has 1 heteroatoms. The summed E-state index contributed by atoms with van der Waals surface area (Å²) >= 11 is 0. The third kappa shape index (κ3) is 4.50. The number of hydrogen-bond donors (Lipinski definition) is 0. The van der Waals surface area contributed by atoms with E-state index in [1.807, 2.05) is 0 Å². The Hall–Kier alpha value is -5.01. The molecule has 7 aromatic carbocycles. The summed E-state index contributed by atoms with van der Waals surface area (Å²) in [4.78, 5) is 5.13. The molecular weight excluding hydrogens is 494 g/mol. The molecule has 0 heterocycles. The average molecular weight is 526 g/mol. The van der Waals surface area contributed by atoms with Crippen molar-refractivity contribution in [3.8, 4) is 22.3 Å². The lowest BCUT2D eigenvalue weighted by molar-refractivity contribution is 1.38. The number of rotatable bonds is 4. The average Bonchev–Trinajstić information content (AvgIpc) is 3.01. The fraction of sp³-hybridized carbons (Fsp3) is 0.0750. The molecular formula is C40H31N. The summed E-state index contributed by atoms with van der Waals surface area (Å²) in [6, 6.07) is 48.2. The van der Waals surface area contributed by atoms with Gasteiger partial charge in [-0.25, -0.2) is 0 Å². The first-order valence-electron chi connectivity index (χ1n) is 14.2. The highest BCUT2D eigenvalue weighted by Crippen LogP contribution is 2.37. The molecule has 0 saturated carbocycles. The van der Waals surface area contributed by atoms with Crippen molar-refractivity contribution in [3.63, 3.8) is 0 Å². The van der Waals surface area contributed by atoms with Crippen LogP contribution in [-0.4, -0.2) is 5.71 Å². The van der Waals surface area contributed by atoms with E-state index in [1.165, 1.54) is 71.3 Å². The molecule has 0 unspecified atom stereocenters. The highest BCUT2D eigenvalue weighted by Gasteiger charge is 2.15. The summed E-state index contributed by atoms with van der Waals surface area (Å²) in [5.74, 6) is 0. The lowest BCUT2D eigenvalue weighted by Gasteiger charge is -2.17. The van der Waals surface area contributed by atoms with Crippen LogP contribution in [0.4, 0.5) is 5.69 Å². The van der Waals surface area contributed by atoms with Crippen molar-refractivity contribution < 1.29 is 0 Å². The molecule has 0 aliphatic rings. The van der Waals surface area contributed by atoms with Crippen LogP contribution in [-0.2, 0) is 0 Å². The van der Waals surface area contributed by atoms with Crippen LogP contribution in [0.3, 0.4) is 0 Å². The number of hydrogen-bond acceptors (Lipinski definition) is 1. The van der Waals surface area contributed by atoms with Gasteiger partial charge in [-0.05, 0) is 98.6 Å². The maximum atomic E-state index is 5.13. The third-order valence-electron chi connectivity index (χ3n) is 8.29. The van der Waals surface area contributed by atoms with Crippen molar-refractivity contribution in [3.05, 3.63) is 150 Å². The quantitative estimate of drug-likeness (QED) is 0.160. The van der Waals surface area contributed by atoms with Gasteiger partial charge in [-0.2, -0.15) is 0 Å². The van der Waals surface area contributed by atoms with E-state index in [0.717, 1.165) is 11.4 Å². The summed E-state index contributed by atoms with van der Waals surface area (Å²) in [7, 11) is 0. The molecule has 0 saturated heterocycles. The predicted octanol–water partition coefficient (Wildman–Crippen LogP) is 11.2. The van der Waals surface area contributed by atoms with E-state index in [1.54, 1.807) is 0 Å². The van der Waals surface area contributed by atoms with E-state index < -0.39 is 0 Å². The molecule has 196 valence electrons. The normalized spacial score (nSPS) is 11.9. The van der Waals surface area contributed by atoms with Gasteiger partial charge in [0.25, 0.3) is 0 Å². The Morgan fingerprint density at radius 1 is 0.463 bits per heavy atom. The summed E-state index contributed by atoms with van der Waals surface area (Å²) in [5, 5.41) is 7.58. The SMILES string of the molecule is CC(=Nc1ccccc1C)c1c(-c2ccc(-c3ccc4ccc5ccccc5c4c3)cc2C)ccc2ccccc12. The predicted molar refractivity (Wildman–Crippen MR) is 178 cm³/mol. The van der Waals surface area contributed by atoms with Crippen molar-refractivity contribution in [1.29, 1.82) is 0 Å². The Bertz CT molecular complexity index is 2130. The van der Waals surface area contributed by atoms with Crippen molar-refractivity contribution in [2.45, 2.75) is 20.8 Å². The number of aliphatic imine (C=N–C) groups is 1. The molecule has 0 atom stereocenters. The van der Waals surface area contributed by atoms with E-state index >= 15 is 0 Å². The maximum Gasteiger partial charge on any atom is 0.0662 e. The molecule has 7 rings (SSSR count). The monoisotopic (exact) mass is 525 g/mol. The molecule has 0 fully saturated rings. The van der Waals surface area contributed by atoms with E-state index in [4.69, 9.17) is 4.99 Å². The Kier molecular flexibility index (Phi) is 6.21. The van der Waals surface area contributed by atoms with Crippen LogP contribution >= 0.6 is 0 Å². The Morgan fingerprint density at radius 3 is 1.80 bits per heavy atom. The summed E-state index contributed by atoms with van der Waals surface area (Å²) in [6.45, 7) is 6.48. The van der Waals surface area contributed by atoms with Crippen LogP contribution in [0.5, 0.6) is 0 Å². The van der Waals surface area contributed by atoms with Gasteiger partial charge >= 0.3 is 0 Å². The van der Waals surface area contributed by atoms with Gasteiger partial charge in [0.1, 0.15) is 0 Å². The lowest BCUT2D eigenvalue weighted by atomic mass is 9.88. The van der Waals surface area contributed by atoms with Gasteiger partial charge in [0.2, 0.25) is 0 Å². The molecule has 0 aromatic heterocycles. The minimum Gasteiger partial charge on any atom is -0.253 e. The minimum atomic E-state index is 1.01. The van der Waals surface area contributed by atoms with E-state index in [9.17, 15) is 0 Å². The summed E-state index contributed by atoms with van der Waals surface area (Å²) in [5.41, 5.74) is 10.6. The van der Waals surface area contributed by atoms with Gasteiger partial charge in [0, 0.05) is 11.3 Å². The molecule has 0 amide bonds. The van der Waals surface area contributed by atoms with Crippen LogP contribution < -0.4 is 0 Å². The maximum absolute atomic E-state index is 5.13. The number of nitrogens with zero attached hydrogens (tertiary/aromatic N) is 1. The zero-order chi connectivity index (χ0) is 27.9. The number of aryl methyl sites for hydroxylation is 2. The second kappa shape index (κ2) is 10.2. The molecule has 0 radical (unpaired) electrons. The minimum absolute atomic E-state index is 1.01. The van der Waals surface area contributed by atoms with E-state index in [2.05, 4.69) is 154 Å². The van der Waals surface area contributed by atoms with Crippen molar-refractivity contribution in [1.82, 2.24) is 0 Å². The van der Waals surface area contributed by atoms with Gasteiger partial charge in [-0.3, -0.25) is 4.99 Å². The van der Waals surface area contributed by atoms with Crippen LogP contribution in [0.1, 0.15) is 23.6 Å². The lowest BCUT2D eigenvalue weighted by Crippen LogP contribution is -2.01. The van der Waals surface area contributed by atoms with Crippen LogP contribution in [0.25, 0.3) is 54.6 Å². The zero-order valence-electron chi connectivity index (χ0n) is 23.6. The molecule has 0 spiro atoms. The number of fused-ring (bicyclic) bond motifs is 4. The van der Waals surface area contributed by atoms with E-state index in [0.29, 0.717) is 0 Å². The second-order valence-electron chi connectivity index (χ2n) is 10.9. The second-order valence-corrected chi connectivity index (χ2v) is 10.9. The van der Waals surface area contributed by atoms with Crippen molar-refractivity contribution in [2.75, 3.05) is 0 Å². The fourth-order valence-electron chi connectivity index (χ4n) is 6.14. The number of para-hydroxylation sites is 1. The van der Waals surface area contributed by atoms with Crippen molar-refractivity contribution >= 4 is 43.7 Å². The molecule has 0 N–H and O–H groups in total. The van der Waals surface area contributed by atoms with Gasteiger partial charge in [-0.15, -0.1) is 0 Å². The molecule has 7 aromatic rings. The Labute approximate surface area is 241 Å². The third-order valence-corrected chi connectivity index (χ3v) is 8.29. The molecule has 0 bridgehead atoms. The van der Waals surface area contributed by atoms with Crippen molar-refractivity contribution in [2.24, 2.45) is 4.99 Å². The van der Waals surface area contributed by atoms with Crippen LogP contribution in [0.15, 0.2) is 138 Å². The summed E-state index contributed by atoms with van der Waals surface area (Å²) < 4.78 is 0. The van der Waals surface area contributed by atoms with E-state index in [-0.39, 0.29) is 0 Å². The van der Waals surface area contributed by atoms with Gasteiger partial charge in [0.15, 0.2) is 0 Å². The van der Waals surface area contributed by atoms with Gasteiger partial charge in [0.05, 0.1) is 5.69 Å². The topological polar surface area (TPSA) is 12.4 Å². The first-order valence-corrected chi connectivity index (χ1v) is 14.2. The molecule has 0 aliphatic heterocycles. The van der Waals surface area contributed by atoms with Gasteiger partial charge in [-0.1, -0.05) is 121 Å². The number of benzene rings is 7. The smallest absolute Gasteiger partial charge is 0.0662 e. The first-order chi connectivity index (χ1) is 20.1. The standard InChI is InChI=1S/C40H31N/c1-26-10-4-9-15-39(26)41-28(3)40-36-14-8-6-12-30(36)20-23-37(40)34-22-21-32(24-27(34)2)33-19-18-31-17-16-29-11-5-7-13-35(29)38(31)25-33/h4-25H,1-3H3. The zero-order valence-corrected chi connectivity index (χ0v) is 23.6. The highest BCUT2D eigenvalue weighted by atomic mass is 14.7. The molecule has 0 aliphatic carbocycles. The van der Waals surface area contributed by atoms with Gasteiger partial charge < -0.3 is 0 Å². The van der Waals surface area contributed by atoms with Crippen LogP contribution in [0, 0.1) is 13.8 Å². The molecule has 41 heavy (non-hydrogen) atoms. The highest BCUT2D eigenvalue weighted by molar-refractivity contribution is 6.16. The Morgan fingerprint density at radius 2 is 1.02 bits per heavy atom. The van der Waals surface area contributed by atoms with Crippen LogP contribution in [0.2, 0.25) is 0 Å². The molecule has 1 nitrogen and oxygen atoms in total. The largest absolute Gasteiger partial charge is 0.253 e. The Balaban J connectivity index is 1.37. The first kappa shape index (κ1) is 25.0. The summed E-state index contributed by atoms with van der Waals surface area (Å²) in [6.07, 6.45) is 0. The fourth-order valence-corrected chi connectivity index (χ4v) is 6.14.